The van der Waals surface area contributed by atoms with Gasteiger partial charge in [-0.1, -0.05) is 18.2 Å². The Hall–Kier alpha value is -3.46. The van der Waals surface area contributed by atoms with E-state index in [1.807, 2.05) is 24.3 Å². The van der Waals surface area contributed by atoms with Gasteiger partial charge >= 0.3 is 0 Å². The molecule has 26 heavy (non-hydrogen) atoms. The molecule has 0 unspecified atom stereocenters. The van der Waals surface area contributed by atoms with Crippen LogP contribution in [0.5, 0.6) is 0 Å². The lowest BCUT2D eigenvalue weighted by atomic mass is 10.00. The number of nitrogens with zero attached hydrogens (tertiary/aromatic N) is 4. The lowest BCUT2D eigenvalue weighted by Crippen LogP contribution is -2.07. The first-order valence-corrected chi connectivity index (χ1v) is 8.30. The molecule has 1 N–H and O–H groups in total. The average Bonchev–Trinajstić information content (AvgIpc) is 3.10. The van der Waals surface area contributed by atoms with Crippen LogP contribution in [-0.4, -0.2) is 14.9 Å². The van der Waals surface area contributed by atoms with Gasteiger partial charge in [0, 0.05) is 11.8 Å². The molecule has 1 aromatic carbocycles. The maximum atomic E-state index is 13.3. The van der Waals surface area contributed by atoms with Gasteiger partial charge in [-0.15, -0.1) is 0 Å². The Labute approximate surface area is 150 Å². The van der Waals surface area contributed by atoms with Crippen LogP contribution in [0.1, 0.15) is 17.0 Å². The van der Waals surface area contributed by atoms with Crippen molar-refractivity contribution in [3.05, 3.63) is 77.5 Å². The molecule has 0 radical (unpaired) electrons. The highest BCUT2D eigenvalue weighted by molar-refractivity contribution is 5.72. The third-order valence-electron chi connectivity index (χ3n) is 4.37. The van der Waals surface area contributed by atoms with Gasteiger partial charge in [-0.05, 0) is 41.5 Å². The van der Waals surface area contributed by atoms with Gasteiger partial charge in [0.2, 0.25) is 0 Å². The predicted molar refractivity (Wildman–Crippen MR) is 96.1 cm³/mol. The summed E-state index contributed by atoms with van der Waals surface area (Å²) in [5, 5.41) is 12.5. The van der Waals surface area contributed by atoms with E-state index in [1.54, 1.807) is 23.2 Å². The number of anilines is 1. The van der Waals surface area contributed by atoms with Crippen molar-refractivity contribution in [2.24, 2.45) is 0 Å². The van der Waals surface area contributed by atoms with Crippen LogP contribution in [0, 0.1) is 17.3 Å². The minimum Gasteiger partial charge on any atom is -0.364 e. The molecule has 128 valence electrons. The van der Waals surface area contributed by atoms with Crippen molar-refractivity contribution in [1.82, 2.24) is 14.9 Å². The van der Waals surface area contributed by atoms with Gasteiger partial charge < -0.3 is 10.2 Å². The molecule has 1 aliphatic heterocycles. The number of hydrogen-bond acceptors (Lipinski definition) is 5. The maximum absolute atomic E-state index is 13.3. The van der Waals surface area contributed by atoms with Gasteiger partial charge in [0.15, 0.2) is 6.19 Å². The van der Waals surface area contributed by atoms with Crippen LogP contribution < -0.4 is 5.32 Å². The van der Waals surface area contributed by atoms with Gasteiger partial charge in [0.1, 0.15) is 11.6 Å². The predicted octanol–water partition coefficient (Wildman–Crippen LogP) is 3.69. The van der Waals surface area contributed by atoms with E-state index in [1.165, 1.54) is 12.1 Å². The molecule has 3 aromatic rings. The maximum Gasteiger partial charge on any atom is 0.180 e. The molecule has 6 heteroatoms. The lowest BCUT2D eigenvalue weighted by molar-refractivity contribution is 0.415. The Morgan fingerprint density at radius 1 is 1.15 bits per heavy atom. The molecule has 0 aliphatic carbocycles. The van der Waals surface area contributed by atoms with Crippen molar-refractivity contribution in [2.45, 2.75) is 19.6 Å². The second-order valence-corrected chi connectivity index (χ2v) is 6.12. The first-order valence-electron chi connectivity index (χ1n) is 8.30. The van der Waals surface area contributed by atoms with E-state index >= 15 is 0 Å². The second-order valence-electron chi connectivity index (χ2n) is 6.12. The van der Waals surface area contributed by atoms with E-state index in [-0.39, 0.29) is 5.82 Å². The molecule has 5 nitrogen and oxygen atoms in total. The highest BCUT2D eigenvalue weighted by atomic mass is 19.1. The zero-order valence-electron chi connectivity index (χ0n) is 14.0. The highest BCUT2D eigenvalue weighted by Crippen LogP contribution is 2.33. The molecule has 0 spiro atoms. The topological polar surface area (TPSA) is 64.8 Å². The minimum atomic E-state index is -0.272. The van der Waals surface area contributed by atoms with E-state index in [0.717, 1.165) is 28.1 Å². The Morgan fingerprint density at radius 2 is 2.00 bits per heavy atom. The summed E-state index contributed by atoms with van der Waals surface area (Å²) in [6, 6.07) is 14.1. The summed E-state index contributed by atoms with van der Waals surface area (Å²) < 4.78 is 13.3. The van der Waals surface area contributed by atoms with Gasteiger partial charge in [-0.3, -0.25) is 4.98 Å². The van der Waals surface area contributed by atoms with Crippen molar-refractivity contribution in [3.8, 4) is 17.3 Å². The van der Waals surface area contributed by atoms with Gasteiger partial charge in [-0.2, -0.15) is 5.26 Å². The Bertz CT molecular complexity index is 964. The quantitative estimate of drug-likeness (QED) is 0.731. The molecular formula is C20H16FN5. The van der Waals surface area contributed by atoms with Crippen molar-refractivity contribution in [3.63, 3.8) is 0 Å². The fraction of sp³-hybridized carbons (Fsp3) is 0.150. The fourth-order valence-corrected chi connectivity index (χ4v) is 3.09. The first kappa shape index (κ1) is 16.0. The summed E-state index contributed by atoms with van der Waals surface area (Å²) in [6.07, 6.45) is 3.93. The van der Waals surface area contributed by atoms with Crippen molar-refractivity contribution >= 4 is 5.82 Å². The fourth-order valence-electron chi connectivity index (χ4n) is 3.09. The largest absolute Gasteiger partial charge is 0.364 e. The van der Waals surface area contributed by atoms with E-state index < -0.39 is 0 Å². The molecule has 1 aliphatic rings. The first-order chi connectivity index (χ1) is 12.7. The van der Waals surface area contributed by atoms with Crippen LogP contribution >= 0.6 is 0 Å². The number of hydrogen-bond donors (Lipinski definition) is 1. The van der Waals surface area contributed by atoms with Gasteiger partial charge in [-0.25, -0.2) is 9.37 Å². The van der Waals surface area contributed by atoms with E-state index in [0.29, 0.717) is 25.5 Å². The number of rotatable bonds is 4. The number of halogens is 1. The number of aromatic nitrogens is 2. The van der Waals surface area contributed by atoms with Gasteiger partial charge in [0.25, 0.3) is 0 Å². The molecule has 0 bridgehead atoms. The molecule has 0 fully saturated rings. The van der Waals surface area contributed by atoms with Crippen LogP contribution in [-0.2, 0) is 19.6 Å². The number of nitriles is 1. The normalized spacial score (nSPS) is 12.5. The molecule has 0 saturated heterocycles. The summed E-state index contributed by atoms with van der Waals surface area (Å²) in [5.41, 5.74) is 4.68. The number of fused-ring (bicyclic) bond motifs is 1. The lowest BCUT2D eigenvalue weighted by Gasteiger charge is -2.12. The monoisotopic (exact) mass is 345 g/mol. The van der Waals surface area contributed by atoms with Crippen LogP contribution in [0.2, 0.25) is 0 Å². The van der Waals surface area contributed by atoms with E-state index in [9.17, 15) is 9.65 Å². The van der Waals surface area contributed by atoms with E-state index in [2.05, 4.69) is 21.5 Å². The molecule has 4 rings (SSSR count). The van der Waals surface area contributed by atoms with Crippen LogP contribution in [0.25, 0.3) is 11.1 Å². The molecular weight excluding hydrogens is 329 g/mol. The van der Waals surface area contributed by atoms with Crippen LogP contribution in [0.15, 0.2) is 54.7 Å². The molecule has 3 heterocycles. The summed E-state index contributed by atoms with van der Waals surface area (Å²) >= 11 is 0. The van der Waals surface area contributed by atoms with Crippen LogP contribution in [0.3, 0.4) is 0 Å². The highest BCUT2D eigenvalue weighted by Gasteiger charge is 2.24. The van der Waals surface area contributed by atoms with E-state index in [4.69, 9.17) is 0 Å². The number of nitrogens with one attached hydrogen (secondary N) is 1. The third-order valence-corrected chi connectivity index (χ3v) is 4.37. The van der Waals surface area contributed by atoms with Gasteiger partial charge in [0.05, 0.1) is 31.0 Å². The number of benzene rings is 1. The zero-order chi connectivity index (χ0) is 17.9. The summed E-state index contributed by atoms with van der Waals surface area (Å²) in [4.78, 5) is 10.6. The zero-order valence-corrected chi connectivity index (χ0v) is 14.0. The molecule has 0 atom stereocenters. The Balaban J connectivity index is 1.69. The summed E-state index contributed by atoms with van der Waals surface area (Å²) in [5.74, 6) is 0.445. The van der Waals surface area contributed by atoms with Crippen molar-refractivity contribution < 1.29 is 4.39 Å². The smallest absolute Gasteiger partial charge is 0.180 e. The Morgan fingerprint density at radius 3 is 2.73 bits per heavy atom. The van der Waals surface area contributed by atoms with Crippen molar-refractivity contribution in [2.75, 3.05) is 5.32 Å². The Kier molecular flexibility index (Phi) is 4.20. The van der Waals surface area contributed by atoms with Crippen molar-refractivity contribution in [1.29, 1.82) is 5.26 Å². The molecule has 0 amide bonds. The second kappa shape index (κ2) is 6.81. The SMILES string of the molecule is N#CN1Cc2nc(NCc3ccccn3)cc(-c3ccc(F)cc3)c2C1. The number of pyridine rings is 2. The minimum absolute atomic E-state index is 0.272. The third kappa shape index (κ3) is 3.20. The standard InChI is InChI=1S/C20H16FN5/c21-15-6-4-14(5-7-15)17-9-20(24-10-16-3-1-2-8-23-16)25-19-12-26(13-22)11-18(17)19/h1-9H,10-12H2,(H,24,25). The molecule has 2 aromatic heterocycles. The summed E-state index contributed by atoms with van der Waals surface area (Å²) in [7, 11) is 0. The van der Waals surface area contributed by atoms with Crippen LogP contribution in [0.4, 0.5) is 10.2 Å². The molecule has 0 saturated carbocycles. The average molecular weight is 345 g/mol. The summed E-state index contributed by atoms with van der Waals surface area (Å²) in [6.45, 7) is 1.56.